The molecule has 2 unspecified atom stereocenters. The largest absolute Gasteiger partial charge is 0.391 e. The number of hydrogen-bond acceptors (Lipinski definition) is 4. The molecule has 0 bridgehead atoms. The van der Waals surface area contributed by atoms with Crippen molar-refractivity contribution in [3.8, 4) is 0 Å². The van der Waals surface area contributed by atoms with E-state index in [4.69, 9.17) is 0 Å². The smallest absolute Gasteiger partial charge is 0.251 e. The molecule has 2 amide bonds. The minimum atomic E-state index is -0.401. The molecule has 1 aromatic carbocycles. The molecule has 0 radical (unpaired) electrons. The Labute approximate surface area is 143 Å². The molecule has 1 aliphatic heterocycles. The van der Waals surface area contributed by atoms with Crippen LogP contribution in [-0.4, -0.2) is 54.6 Å². The third kappa shape index (κ3) is 4.79. The summed E-state index contributed by atoms with van der Waals surface area (Å²) in [5.74, 6) is -0.0165. The highest BCUT2D eigenvalue weighted by Gasteiger charge is 2.25. The number of hydrogen-bond donors (Lipinski definition) is 3. The molecule has 0 aliphatic carbocycles. The first kappa shape index (κ1) is 18.4. The maximum atomic E-state index is 12.2. The first-order valence-corrected chi connectivity index (χ1v) is 8.39. The fraction of sp³-hybridized carbons (Fsp3) is 0.556. The number of rotatable bonds is 6. The van der Waals surface area contributed by atoms with Crippen LogP contribution in [0.15, 0.2) is 24.3 Å². The average Bonchev–Trinajstić information content (AvgIpc) is 2.97. The first-order chi connectivity index (χ1) is 11.4. The fourth-order valence-corrected chi connectivity index (χ4v) is 2.81. The molecule has 1 fully saturated rings. The van der Waals surface area contributed by atoms with Gasteiger partial charge in [0.25, 0.3) is 5.91 Å². The molecule has 24 heavy (non-hydrogen) atoms. The molecule has 6 heteroatoms. The van der Waals surface area contributed by atoms with Gasteiger partial charge in [0.2, 0.25) is 5.91 Å². The molecule has 0 saturated carbocycles. The van der Waals surface area contributed by atoms with E-state index in [1.165, 1.54) is 0 Å². The van der Waals surface area contributed by atoms with Crippen molar-refractivity contribution < 1.29 is 14.7 Å². The van der Waals surface area contributed by atoms with E-state index in [-0.39, 0.29) is 23.7 Å². The highest BCUT2D eigenvalue weighted by atomic mass is 16.3. The first-order valence-electron chi connectivity index (χ1n) is 8.39. The van der Waals surface area contributed by atoms with Crippen LogP contribution in [0.4, 0.5) is 0 Å². The van der Waals surface area contributed by atoms with Gasteiger partial charge in [0.15, 0.2) is 0 Å². The maximum absolute atomic E-state index is 12.2. The molecule has 1 aliphatic rings. The summed E-state index contributed by atoms with van der Waals surface area (Å²) in [7, 11) is 1.78. The zero-order chi connectivity index (χ0) is 17.7. The van der Waals surface area contributed by atoms with Crippen molar-refractivity contribution in [1.29, 1.82) is 0 Å². The summed E-state index contributed by atoms with van der Waals surface area (Å²) in [5.41, 5.74) is 1.57. The predicted molar refractivity (Wildman–Crippen MR) is 92.5 cm³/mol. The molecule has 132 valence electrons. The number of carbonyl (C=O) groups excluding carboxylic acids is 2. The molecule has 1 heterocycles. The monoisotopic (exact) mass is 333 g/mol. The third-order valence-corrected chi connectivity index (χ3v) is 4.33. The van der Waals surface area contributed by atoms with Crippen molar-refractivity contribution >= 4 is 11.8 Å². The number of aliphatic hydroxyl groups is 1. The van der Waals surface area contributed by atoms with Gasteiger partial charge in [-0.25, -0.2) is 0 Å². The van der Waals surface area contributed by atoms with Gasteiger partial charge in [-0.15, -0.1) is 0 Å². The van der Waals surface area contributed by atoms with Crippen LogP contribution in [-0.2, 0) is 11.3 Å². The highest BCUT2D eigenvalue weighted by molar-refractivity contribution is 5.94. The normalized spacial score (nSPS) is 20.2. The Morgan fingerprint density at radius 1 is 1.29 bits per heavy atom. The Hall–Kier alpha value is -1.92. The minimum Gasteiger partial charge on any atom is -0.391 e. The summed E-state index contributed by atoms with van der Waals surface area (Å²) >= 11 is 0. The van der Waals surface area contributed by atoms with Crippen LogP contribution in [0.25, 0.3) is 0 Å². The number of β-amino-alcohol motifs (C(OH)–C–C–N with tert-alkyl or cyclic N) is 1. The lowest BCUT2D eigenvalue weighted by molar-refractivity contribution is -0.133. The number of nitrogens with one attached hydrogen (secondary N) is 2. The van der Waals surface area contributed by atoms with E-state index < -0.39 is 6.10 Å². The molecule has 3 N–H and O–H groups in total. The van der Waals surface area contributed by atoms with Crippen molar-refractivity contribution in [1.82, 2.24) is 15.5 Å². The van der Waals surface area contributed by atoms with E-state index in [1.807, 2.05) is 26.0 Å². The van der Waals surface area contributed by atoms with E-state index >= 15 is 0 Å². The summed E-state index contributed by atoms with van der Waals surface area (Å²) in [6.07, 6.45) is -0.401. The standard InChI is InChI=1S/C18H27N3O3/c1-12(2)18(24)21(3)11-13-4-6-14(7-5-13)17(23)20-9-15-8-19-10-16(15)22/h4-7,12,15-16,19,22H,8-11H2,1-3H3,(H,20,23). The van der Waals surface area contributed by atoms with E-state index in [0.29, 0.717) is 25.2 Å². The Kier molecular flexibility index (Phi) is 6.34. The molecule has 2 atom stereocenters. The van der Waals surface area contributed by atoms with Crippen LogP contribution in [0.1, 0.15) is 29.8 Å². The van der Waals surface area contributed by atoms with Gasteiger partial charge in [0.1, 0.15) is 0 Å². The molecular formula is C18H27N3O3. The molecule has 1 saturated heterocycles. The third-order valence-electron chi connectivity index (χ3n) is 4.33. The Morgan fingerprint density at radius 3 is 2.50 bits per heavy atom. The zero-order valence-electron chi connectivity index (χ0n) is 14.6. The SMILES string of the molecule is CC(C)C(=O)N(C)Cc1ccc(C(=O)NCC2CNCC2O)cc1. The van der Waals surface area contributed by atoms with Crippen LogP contribution in [0.5, 0.6) is 0 Å². The van der Waals surface area contributed by atoms with Gasteiger partial charge in [-0.2, -0.15) is 0 Å². The van der Waals surface area contributed by atoms with Crippen LogP contribution < -0.4 is 10.6 Å². The summed E-state index contributed by atoms with van der Waals surface area (Å²) < 4.78 is 0. The Balaban J connectivity index is 1.86. The van der Waals surface area contributed by atoms with E-state index in [2.05, 4.69) is 10.6 Å². The number of carbonyl (C=O) groups is 2. The van der Waals surface area contributed by atoms with Gasteiger partial charge >= 0.3 is 0 Å². The van der Waals surface area contributed by atoms with Crippen LogP contribution in [0.2, 0.25) is 0 Å². The maximum Gasteiger partial charge on any atom is 0.251 e. The average molecular weight is 333 g/mol. The van der Waals surface area contributed by atoms with E-state index in [1.54, 1.807) is 24.1 Å². The van der Waals surface area contributed by atoms with Crippen LogP contribution in [0.3, 0.4) is 0 Å². The van der Waals surface area contributed by atoms with Crippen LogP contribution in [0, 0.1) is 11.8 Å². The van der Waals surface area contributed by atoms with Crippen molar-refractivity contribution in [3.05, 3.63) is 35.4 Å². The Bertz CT molecular complexity index is 571. The fourth-order valence-electron chi connectivity index (χ4n) is 2.81. The molecule has 1 aromatic rings. The zero-order valence-corrected chi connectivity index (χ0v) is 14.6. The lowest BCUT2D eigenvalue weighted by Crippen LogP contribution is -2.34. The highest BCUT2D eigenvalue weighted by Crippen LogP contribution is 2.10. The summed E-state index contributed by atoms with van der Waals surface area (Å²) in [6, 6.07) is 7.26. The van der Waals surface area contributed by atoms with Crippen LogP contribution >= 0.6 is 0 Å². The molecule has 0 aromatic heterocycles. The second-order valence-electron chi connectivity index (χ2n) is 6.74. The number of aliphatic hydroxyl groups excluding tert-OH is 1. The van der Waals surface area contributed by atoms with E-state index in [0.717, 1.165) is 12.1 Å². The molecular weight excluding hydrogens is 306 g/mol. The van der Waals surface area contributed by atoms with Gasteiger partial charge in [-0.05, 0) is 17.7 Å². The molecule has 6 nitrogen and oxygen atoms in total. The van der Waals surface area contributed by atoms with Gasteiger partial charge in [0, 0.05) is 50.6 Å². The van der Waals surface area contributed by atoms with Gasteiger partial charge in [0.05, 0.1) is 6.10 Å². The molecule has 2 rings (SSSR count). The molecule has 0 spiro atoms. The second kappa shape index (κ2) is 8.26. The second-order valence-corrected chi connectivity index (χ2v) is 6.74. The number of benzene rings is 1. The van der Waals surface area contributed by atoms with Crippen molar-refractivity contribution in [2.75, 3.05) is 26.7 Å². The van der Waals surface area contributed by atoms with Gasteiger partial charge in [-0.1, -0.05) is 26.0 Å². The lowest BCUT2D eigenvalue weighted by Gasteiger charge is -2.19. The van der Waals surface area contributed by atoms with Crippen molar-refractivity contribution in [2.24, 2.45) is 11.8 Å². The number of amides is 2. The number of nitrogens with zero attached hydrogens (tertiary/aromatic N) is 1. The quantitative estimate of drug-likeness (QED) is 0.712. The van der Waals surface area contributed by atoms with Gasteiger partial charge < -0.3 is 20.6 Å². The van der Waals surface area contributed by atoms with Crippen molar-refractivity contribution in [3.63, 3.8) is 0 Å². The summed E-state index contributed by atoms with van der Waals surface area (Å²) in [5, 5.41) is 15.7. The summed E-state index contributed by atoms with van der Waals surface area (Å²) in [4.78, 5) is 25.7. The van der Waals surface area contributed by atoms with E-state index in [9.17, 15) is 14.7 Å². The Morgan fingerprint density at radius 2 is 1.96 bits per heavy atom. The predicted octanol–water partition coefficient (Wildman–Crippen LogP) is 0.611. The lowest BCUT2D eigenvalue weighted by atomic mass is 10.1. The topological polar surface area (TPSA) is 81.7 Å². The minimum absolute atomic E-state index is 0.0273. The van der Waals surface area contributed by atoms with Crippen molar-refractivity contribution in [2.45, 2.75) is 26.5 Å². The summed E-state index contributed by atoms with van der Waals surface area (Å²) in [6.45, 7) is 6.04. The van der Waals surface area contributed by atoms with Gasteiger partial charge in [-0.3, -0.25) is 9.59 Å².